The van der Waals surface area contributed by atoms with Crippen molar-refractivity contribution in [2.24, 2.45) is 5.92 Å². The summed E-state index contributed by atoms with van der Waals surface area (Å²) in [6, 6.07) is 0. The van der Waals surface area contributed by atoms with Gasteiger partial charge >= 0.3 is 0 Å². The molecule has 1 N–H and O–H groups in total. The van der Waals surface area contributed by atoms with E-state index >= 15 is 0 Å². The molecule has 1 amide bonds. The van der Waals surface area contributed by atoms with Crippen LogP contribution < -0.4 is 5.32 Å². The van der Waals surface area contributed by atoms with Crippen LogP contribution in [-0.2, 0) is 14.3 Å². The Morgan fingerprint density at radius 3 is 2.55 bits per heavy atom. The van der Waals surface area contributed by atoms with Gasteiger partial charge in [-0.05, 0) is 27.7 Å². The number of nitrogens with zero attached hydrogens (tertiary/aromatic N) is 1. The van der Waals surface area contributed by atoms with E-state index in [0.29, 0.717) is 38.8 Å². The lowest BCUT2D eigenvalue weighted by molar-refractivity contribution is -0.144. The molecule has 1 unspecified atom stereocenters. The predicted molar refractivity (Wildman–Crippen MR) is 79.7 cm³/mol. The molecule has 0 bridgehead atoms. The number of piperazine rings is 1. The third-order valence-corrected chi connectivity index (χ3v) is 3.42. The van der Waals surface area contributed by atoms with Crippen LogP contribution in [0.4, 0.5) is 0 Å². The molecule has 1 heterocycles. The van der Waals surface area contributed by atoms with Gasteiger partial charge in [-0.3, -0.25) is 10.1 Å². The van der Waals surface area contributed by atoms with Crippen LogP contribution in [-0.4, -0.2) is 61.9 Å². The normalized spacial score (nSPS) is 22.9. The third kappa shape index (κ3) is 5.04. The Morgan fingerprint density at radius 1 is 1.30 bits per heavy atom. The molecule has 1 aliphatic rings. The molecular formula is C15H30N2O3. The fraction of sp³-hybridized carbons (Fsp3) is 0.933. The van der Waals surface area contributed by atoms with E-state index in [2.05, 4.69) is 26.1 Å². The second kappa shape index (κ2) is 6.87. The largest absolute Gasteiger partial charge is 0.384 e. The third-order valence-electron chi connectivity index (χ3n) is 3.42. The number of amides is 1. The van der Waals surface area contributed by atoms with E-state index < -0.39 is 5.54 Å². The van der Waals surface area contributed by atoms with Gasteiger partial charge in [0, 0.05) is 31.7 Å². The van der Waals surface area contributed by atoms with Gasteiger partial charge in [-0.25, -0.2) is 0 Å². The number of hydrogen-bond donors (Lipinski definition) is 1. The van der Waals surface area contributed by atoms with Crippen LogP contribution in [0.1, 0.15) is 34.6 Å². The summed E-state index contributed by atoms with van der Waals surface area (Å²) < 4.78 is 10.7. The van der Waals surface area contributed by atoms with Gasteiger partial charge in [0.15, 0.2) is 0 Å². The SMILES string of the molecule is COCC(C)COCCN1CC(C)(C)NC(C)(C)C1=O. The molecule has 1 rings (SSSR count). The summed E-state index contributed by atoms with van der Waals surface area (Å²) in [5, 5.41) is 3.39. The van der Waals surface area contributed by atoms with Gasteiger partial charge in [0.05, 0.1) is 25.4 Å². The van der Waals surface area contributed by atoms with E-state index in [9.17, 15) is 4.79 Å². The molecule has 1 saturated heterocycles. The highest BCUT2D eigenvalue weighted by atomic mass is 16.5. The number of hydrogen-bond acceptors (Lipinski definition) is 4. The van der Waals surface area contributed by atoms with Gasteiger partial charge in [-0.15, -0.1) is 0 Å². The Balaban J connectivity index is 2.40. The summed E-state index contributed by atoms with van der Waals surface area (Å²) in [5.41, 5.74) is -0.578. The van der Waals surface area contributed by atoms with Crippen molar-refractivity contribution in [2.75, 3.05) is 40.0 Å². The van der Waals surface area contributed by atoms with E-state index in [1.165, 1.54) is 0 Å². The fourth-order valence-corrected chi connectivity index (χ4v) is 2.86. The zero-order chi connectivity index (χ0) is 15.4. The zero-order valence-corrected chi connectivity index (χ0v) is 13.8. The Morgan fingerprint density at radius 2 is 1.95 bits per heavy atom. The highest BCUT2D eigenvalue weighted by Crippen LogP contribution is 2.21. The van der Waals surface area contributed by atoms with Gasteiger partial charge < -0.3 is 14.4 Å². The smallest absolute Gasteiger partial charge is 0.242 e. The molecule has 5 heteroatoms. The van der Waals surface area contributed by atoms with Crippen molar-refractivity contribution in [2.45, 2.75) is 45.7 Å². The van der Waals surface area contributed by atoms with Crippen molar-refractivity contribution in [3.8, 4) is 0 Å². The maximum absolute atomic E-state index is 12.4. The van der Waals surface area contributed by atoms with Crippen LogP contribution in [0.25, 0.3) is 0 Å². The average molecular weight is 286 g/mol. The molecule has 0 aromatic carbocycles. The summed E-state index contributed by atoms with van der Waals surface area (Å²) in [7, 11) is 1.69. The van der Waals surface area contributed by atoms with Crippen molar-refractivity contribution in [3.63, 3.8) is 0 Å². The van der Waals surface area contributed by atoms with E-state index in [1.807, 2.05) is 18.7 Å². The first-order valence-electron chi connectivity index (χ1n) is 7.33. The van der Waals surface area contributed by atoms with Crippen LogP contribution in [0.5, 0.6) is 0 Å². The number of nitrogens with one attached hydrogen (secondary N) is 1. The Bertz CT molecular complexity index is 329. The van der Waals surface area contributed by atoms with Gasteiger partial charge in [0.25, 0.3) is 0 Å². The topological polar surface area (TPSA) is 50.8 Å². The average Bonchev–Trinajstić information content (AvgIpc) is 2.29. The summed E-state index contributed by atoms with van der Waals surface area (Å²) in [4.78, 5) is 14.3. The van der Waals surface area contributed by atoms with Crippen molar-refractivity contribution in [1.82, 2.24) is 10.2 Å². The van der Waals surface area contributed by atoms with E-state index in [4.69, 9.17) is 9.47 Å². The number of methoxy groups -OCH3 is 1. The molecule has 0 aromatic heterocycles. The Kier molecular flexibility index (Phi) is 5.98. The lowest BCUT2D eigenvalue weighted by Gasteiger charge is -2.47. The second-order valence-electron chi connectivity index (χ2n) is 7.00. The van der Waals surface area contributed by atoms with Gasteiger partial charge in [-0.1, -0.05) is 6.92 Å². The predicted octanol–water partition coefficient (Wildman–Crippen LogP) is 1.27. The molecule has 0 radical (unpaired) electrons. The second-order valence-corrected chi connectivity index (χ2v) is 7.00. The highest BCUT2D eigenvalue weighted by Gasteiger charge is 2.42. The lowest BCUT2D eigenvalue weighted by Crippen LogP contribution is -2.69. The van der Waals surface area contributed by atoms with Gasteiger partial charge in [0.1, 0.15) is 0 Å². The van der Waals surface area contributed by atoms with Crippen molar-refractivity contribution in [3.05, 3.63) is 0 Å². The Labute approximate surface area is 123 Å². The molecule has 0 aliphatic carbocycles. The van der Waals surface area contributed by atoms with E-state index in [0.717, 1.165) is 0 Å². The molecule has 0 saturated carbocycles. The minimum absolute atomic E-state index is 0.0687. The Hall–Kier alpha value is -0.650. The van der Waals surface area contributed by atoms with Crippen LogP contribution in [0.2, 0.25) is 0 Å². The van der Waals surface area contributed by atoms with Gasteiger partial charge in [0.2, 0.25) is 5.91 Å². The first-order chi connectivity index (χ1) is 9.18. The minimum Gasteiger partial charge on any atom is -0.384 e. The highest BCUT2D eigenvalue weighted by molar-refractivity contribution is 5.86. The van der Waals surface area contributed by atoms with E-state index in [1.54, 1.807) is 7.11 Å². The van der Waals surface area contributed by atoms with Crippen LogP contribution in [0.15, 0.2) is 0 Å². The molecule has 118 valence electrons. The number of carbonyl (C=O) groups is 1. The number of ether oxygens (including phenoxy) is 2. The molecule has 20 heavy (non-hydrogen) atoms. The van der Waals surface area contributed by atoms with E-state index in [-0.39, 0.29) is 11.4 Å². The summed E-state index contributed by atoms with van der Waals surface area (Å²) in [5.74, 6) is 0.525. The first-order valence-corrected chi connectivity index (χ1v) is 7.33. The summed E-state index contributed by atoms with van der Waals surface area (Å²) in [6.45, 7) is 13.5. The number of rotatable bonds is 7. The number of carbonyl (C=O) groups excluding carboxylic acids is 1. The minimum atomic E-state index is -0.509. The zero-order valence-electron chi connectivity index (χ0n) is 13.8. The first kappa shape index (κ1) is 17.4. The molecule has 1 atom stereocenters. The summed E-state index contributed by atoms with van der Waals surface area (Å²) >= 11 is 0. The fourth-order valence-electron chi connectivity index (χ4n) is 2.86. The van der Waals surface area contributed by atoms with Crippen molar-refractivity contribution in [1.29, 1.82) is 0 Å². The van der Waals surface area contributed by atoms with Crippen LogP contribution in [0.3, 0.4) is 0 Å². The van der Waals surface area contributed by atoms with Crippen LogP contribution in [0, 0.1) is 5.92 Å². The maximum atomic E-state index is 12.4. The molecule has 1 fully saturated rings. The summed E-state index contributed by atoms with van der Waals surface area (Å²) in [6.07, 6.45) is 0. The lowest BCUT2D eigenvalue weighted by atomic mass is 9.91. The molecule has 1 aliphatic heterocycles. The quantitative estimate of drug-likeness (QED) is 0.716. The van der Waals surface area contributed by atoms with Crippen molar-refractivity contribution < 1.29 is 14.3 Å². The molecule has 5 nitrogen and oxygen atoms in total. The molecular weight excluding hydrogens is 256 g/mol. The molecule has 0 aromatic rings. The van der Waals surface area contributed by atoms with Crippen LogP contribution >= 0.6 is 0 Å². The van der Waals surface area contributed by atoms with Crippen molar-refractivity contribution >= 4 is 5.91 Å². The van der Waals surface area contributed by atoms with Gasteiger partial charge in [-0.2, -0.15) is 0 Å². The standard InChI is InChI=1S/C15H30N2O3/c1-12(9-19-6)10-20-8-7-17-11-14(2,3)16-15(4,5)13(17)18/h12,16H,7-11H2,1-6H3. The monoisotopic (exact) mass is 286 g/mol. The molecule has 0 spiro atoms. The maximum Gasteiger partial charge on any atom is 0.242 e.